The Morgan fingerprint density at radius 2 is 1.88 bits per heavy atom. The van der Waals surface area contributed by atoms with Crippen molar-refractivity contribution in [1.82, 2.24) is 20.1 Å². The molecule has 7 heteroatoms. The molecule has 1 atom stereocenters. The average Bonchev–Trinajstić information content (AvgIpc) is 3.23. The highest BCUT2D eigenvalue weighted by Gasteiger charge is 2.24. The molecule has 7 nitrogen and oxygen atoms in total. The van der Waals surface area contributed by atoms with Gasteiger partial charge >= 0.3 is 0 Å². The Morgan fingerprint density at radius 3 is 2.64 bits per heavy atom. The van der Waals surface area contributed by atoms with Gasteiger partial charge in [-0.1, -0.05) is 12.5 Å². The molecular weight excluding hydrogens is 416 g/mol. The molecule has 180 valence electrons. The summed E-state index contributed by atoms with van der Waals surface area (Å²) < 4.78 is 6.08. The molecule has 0 radical (unpaired) electrons. The number of benzene rings is 1. The molecule has 1 aromatic carbocycles. The van der Waals surface area contributed by atoms with Crippen LogP contribution in [0.4, 0.5) is 0 Å². The van der Waals surface area contributed by atoms with Gasteiger partial charge in [0.1, 0.15) is 11.4 Å². The minimum atomic E-state index is -0.158. The van der Waals surface area contributed by atoms with Gasteiger partial charge in [-0.3, -0.25) is 9.69 Å². The number of H-pyrrole nitrogens is 1. The second-order valence-electron chi connectivity index (χ2n) is 10.2. The number of rotatable bonds is 8. The van der Waals surface area contributed by atoms with E-state index in [1.54, 1.807) is 0 Å². The van der Waals surface area contributed by atoms with E-state index < -0.39 is 0 Å². The number of aliphatic hydroxyl groups is 1. The van der Waals surface area contributed by atoms with E-state index >= 15 is 0 Å². The van der Waals surface area contributed by atoms with Crippen LogP contribution in [0.15, 0.2) is 24.3 Å². The summed E-state index contributed by atoms with van der Waals surface area (Å²) >= 11 is 0. The van der Waals surface area contributed by atoms with Crippen LogP contribution >= 0.6 is 0 Å². The van der Waals surface area contributed by atoms with Crippen molar-refractivity contribution in [3.8, 4) is 5.75 Å². The molecule has 3 heterocycles. The number of nitrogens with zero attached hydrogens (tertiary/aromatic N) is 2. The molecule has 3 fully saturated rings. The van der Waals surface area contributed by atoms with Crippen LogP contribution < -0.4 is 10.1 Å². The summed E-state index contributed by atoms with van der Waals surface area (Å²) in [5, 5.41) is 14.1. The summed E-state index contributed by atoms with van der Waals surface area (Å²) in [6, 6.07) is 8.13. The molecule has 2 aliphatic heterocycles. The number of piperidine rings is 2. The number of carbonyl (C=O) groups excluding carboxylic acids is 1. The third-order valence-corrected chi connectivity index (χ3v) is 7.70. The minimum absolute atomic E-state index is 0.0307. The highest BCUT2D eigenvalue weighted by molar-refractivity contribution is 5.99. The smallest absolute Gasteiger partial charge is 0.267 e. The van der Waals surface area contributed by atoms with Crippen LogP contribution in [0.1, 0.15) is 55.4 Å². The molecule has 3 N–H and O–H groups in total. The van der Waals surface area contributed by atoms with Gasteiger partial charge in [-0.25, -0.2) is 0 Å². The van der Waals surface area contributed by atoms with Crippen molar-refractivity contribution in [1.29, 1.82) is 0 Å². The van der Waals surface area contributed by atoms with Crippen LogP contribution in [-0.2, 0) is 0 Å². The fourth-order valence-corrected chi connectivity index (χ4v) is 5.32. The van der Waals surface area contributed by atoms with E-state index in [0.29, 0.717) is 11.6 Å². The van der Waals surface area contributed by atoms with Gasteiger partial charge in [0, 0.05) is 49.7 Å². The van der Waals surface area contributed by atoms with Gasteiger partial charge in [-0.15, -0.1) is 0 Å². The first-order valence-corrected chi connectivity index (χ1v) is 12.8. The first-order valence-electron chi connectivity index (χ1n) is 12.8. The zero-order valence-corrected chi connectivity index (χ0v) is 19.6. The molecule has 1 aliphatic carbocycles. The van der Waals surface area contributed by atoms with E-state index in [-0.39, 0.29) is 18.1 Å². The number of fused-ring (bicyclic) bond motifs is 1. The lowest BCUT2D eigenvalue weighted by atomic mass is 9.86. The van der Waals surface area contributed by atoms with Gasteiger partial charge in [0.2, 0.25) is 0 Å². The molecule has 2 aromatic rings. The van der Waals surface area contributed by atoms with E-state index in [2.05, 4.69) is 20.1 Å². The van der Waals surface area contributed by atoms with Crippen molar-refractivity contribution >= 4 is 16.8 Å². The third-order valence-electron chi connectivity index (χ3n) is 7.70. The number of β-amino-alcohol motifs (C(OH)–C–C–N with tert-alkyl or cyclic N) is 1. The summed E-state index contributed by atoms with van der Waals surface area (Å²) in [6.07, 6.45) is 7.66. The molecule has 0 bridgehead atoms. The van der Waals surface area contributed by atoms with Crippen molar-refractivity contribution in [3.63, 3.8) is 0 Å². The van der Waals surface area contributed by atoms with E-state index in [1.807, 2.05) is 24.3 Å². The van der Waals surface area contributed by atoms with Gasteiger partial charge in [-0.05, 0) is 69.2 Å². The van der Waals surface area contributed by atoms with E-state index in [1.165, 1.54) is 19.3 Å². The molecule has 0 unspecified atom stereocenters. The van der Waals surface area contributed by atoms with Gasteiger partial charge in [-0.2, -0.15) is 0 Å². The Labute approximate surface area is 196 Å². The number of amides is 1. The zero-order valence-electron chi connectivity index (χ0n) is 19.6. The SMILES string of the molecule is O=C(NC1CCN(CCN2CCC[C@@H](O)C2)CC1)c1cc2c(OCC3CCC3)cccc2[nH]1. The number of ether oxygens (including phenoxy) is 1. The maximum atomic E-state index is 12.9. The van der Waals surface area contributed by atoms with Crippen molar-refractivity contribution in [2.24, 2.45) is 5.92 Å². The van der Waals surface area contributed by atoms with Crippen molar-refractivity contribution < 1.29 is 14.6 Å². The Kier molecular flexibility index (Phi) is 7.19. The fourth-order valence-electron chi connectivity index (χ4n) is 5.32. The number of likely N-dealkylation sites (tertiary alicyclic amines) is 2. The highest BCUT2D eigenvalue weighted by atomic mass is 16.5. The largest absolute Gasteiger partial charge is 0.493 e. The monoisotopic (exact) mass is 454 g/mol. The second kappa shape index (κ2) is 10.5. The summed E-state index contributed by atoms with van der Waals surface area (Å²) in [5.41, 5.74) is 1.56. The van der Waals surface area contributed by atoms with Gasteiger partial charge in [0.15, 0.2) is 0 Å². The Hall–Kier alpha value is -2.09. The molecule has 1 aromatic heterocycles. The highest BCUT2D eigenvalue weighted by Crippen LogP contribution is 2.30. The van der Waals surface area contributed by atoms with Gasteiger partial charge in [0.25, 0.3) is 5.91 Å². The van der Waals surface area contributed by atoms with Crippen LogP contribution in [0.5, 0.6) is 5.75 Å². The van der Waals surface area contributed by atoms with Crippen LogP contribution in [-0.4, -0.2) is 83.8 Å². The van der Waals surface area contributed by atoms with Crippen LogP contribution in [0, 0.1) is 5.92 Å². The number of hydrogen-bond donors (Lipinski definition) is 3. The number of hydrogen-bond acceptors (Lipinski definition) is 5. The lowest BCUT2D eigenvalue weighted by Crippen LogP contribution is -2.47. The van der Waals surface area contributed by atoms with Crippen LogP contribution in [0.25, 0.3) is 10.9 Å². The lowest BCUT2D eigenvalue weighted by molar-refractivity contribution is 0.0617. The number of aromatic amines is 1. The first kappa shape index (κ1) is 22.7. The number of carbonyl (C=O) groups is 1. The Bertz CT molecular complexity index is 933. The fraction of sp³-hybridized carbons (Fsp3) is 0.654. The summed E-state index contributed by atoms with van der Waals surface area (Å²) in [6.45, 7) is 6.75. The van der Waals surface area contributed by atoms with Crippen LogP contribution in [0.2, 0.25) is 0 Å². The normalized spacial score (nSPS) is 23.5. The molecule has 3 aliphatic rings. The Morgan fingerprint density at radius 1 is 1.06 bits per heavy atom. The topological polar surface area (TPSA) is 80.8 Å². The van der Waals surface area contributed by atoms with Crippen molar-refractivity contribution in [2.75, 3.05) is 45.9 Å². The lowest BCUT2D eigenvalue weighted by Gasteiger charge is -2.35. The molecule has 1 saturated carbocycles. The van der Waals surface area contributed by atoms with Crippen molar-refractivity contribution in [2.45, 2.75) is 57.1 Å². The molecular formula is C26H38N4O3. The number of aromatic nitrogens is 1. The summed E-state index contributed by atoms with van der Waals surface area (Å²) in [5.74, 6) is 1.51. The molecule has 33 heavy (non-hydrogen) atoms. The standard InChI is InChI=1S/C26H38N4O3/c31-21-6-3-11-30(17-21)15-14-29-12-9-20(10-13-29)27-26(32)24-16-22-23(28-24)7-2-8-25(22)33-18-19-4-1-5-19/h2,7-8,16,19-21,28,31H,1,3-6,9-15,17-18H2,(H,27,32)/t21-/m1/s1. The summed E-state index contributed by atoms with van der Waals surface area (Å²) in [4.78, 5) is 21.1. The second-order valence-corrected chi connectivity index (χ2v) is 10.2. The summed E-state index contributed by atoms with van der Waals surface area (Å²) in [7, 11) is 0. The molecule has 1 amide bonds. The first-order chi connectivity index (χ1) is 16.1. The van der Waals surface area contributed by atoms with E-state index in [0.717, 1.165) is 88.2 Å². The quantitative estimate of drug-likeness (QED) is 0.571. The van der Waals surface area contributed by atoms with E-state index in [9.17, 15) is 9.90 Å². The van der Waals surface area contributed by atoms with Crippen molar-refractivity contribution in [3.05, 3.63) is 30.0 Å². The maximum absolute atomic E-state index is 12.9. The molecule has 0 spiro atoms. The number of nitrogens with one attached hydrogen (secondary N) is 2. The Balaban J connectivity index is 1.10. The average molecular weight is 455 g/mol. The predicted octanol–water partition coefficient (Wildman–Crippen LogP) is 3.00. The molecule has 2 saturated heterocycles. The number of aliphatic hydroxyl groups excluding tert-OH is 1. The predicted molar refractivity (Wildman–Crippen MR) is 130 cm³/mol. The van der Waals surface area contributed by atoms with Gasteiger partial charge in [0.05, 0.1) is 12.7 Å². The third kappa shape index (κ3) is 5.70. The zero-order chi connectivity index (χ0) is 22.6. The van der Waals surface area contributed by atoms with Gasteiger partial charge < -0.3 is 25.0 Å². The van der Waals surface area contributed by atoms with Crippen LogP contribution in [0.3, 0.4) is 0 Å². The van der Waals surface area contributed by atoms with E-state index in [4.69, 9.17) is 4.74 Å². The maximum Gasteiger partial charge on any atom is 0.267 e. The molecule has 5 rings (SSSR count). The minimum Gasteiger partial charge on any atom is -0.493 e.